The van der Waals surface area contributed by atoms with Crippen molar-refractivity contribution < 1.29 is 9.18 Å². The maximum absolute atomic E-state index is 14.0. The van der Waals surface area contributed by atoms with Crippen LogP contribution in [-0.2, 0) is 24.3 Å². The predicted molar refractivity (Wildman–Crippen MR) is 110 cm³/mol. The molecule has 1 aromatic carbocycles. The summed E-state index contributed by atoms with van der Waals surface area (Å²) in [5, 5.41) is 4.62. The van der Waals surface area contributed by atoms with Gasteiger partial charge in [-0.1, -0.05) is 29.8 Å². The lowest BCUT2D eigenvalue weighted by Crippen LogP contribution is -2.31. The molecule has 0 fully saturated rings. The van der Waals surface area contributed by atoms with Gasteiger partial charge in [0.25, 0.3) is 0 Å². The van der Waals surface area contributed by atoms with Crippen LogP contribution in [0.5, 0.6) is 0 Å². The van der Waals surface area contributed by atoms with Crippen molar-refractivity contribution in [2.45, 2.75) is 60.5 Å². The lowest BCUT2D eigenvalue weighted by Gasteiger charge is -2.21. The number of rotatable bonds is 8. The molecule has 148 valence electrons. The van der Waals surface area contributed by atoms with Gasteiger partial charge in [0.1, 0.15) is 5.82 Å². The molecule has 0 atom stereocenters. The zero-order valence-corrected chi connectivity index (χ0v) is 18.4. The minimum absolute atomic E-state index is 0.0345. The van der Waals surface area contributed by atoms with E-state index in [2.05, 4.69) is 41.8 Å². The van der Waals surface area contributed by atoms with Crippen molar-refractivity contribution in [1.29, 1.82) is 0 Å². The van der Waals surface area contributed by atoms with Crippen molar-refractivity contribution in [2.24, 2.45) is 5.92 Å². The first kappa shape index (κ1) is 21.6. The third-order valence-corrected chi connectivity index (χ3v) is 5.25. The molecular weight excluding hydrogens is 409 g/mol. The molecule has 0 aliphatic heterocycles. The second kappa shape index (κ2) is 9.49. The zero-order chi connectivity index (χ0) is 20.1. The Kier molecular flexibility index (Phi) is 7.59. The highest BCUT2D eigenvalue weighted by Crippen LogP contribution is 2.20. The monoisotopic (exact) mass is 437 g/mol. The normalized spacial score (nSPS) is 11.3. The number of amides is 1. The van der Waals surface area contributed by atoms with Gasteiger partial charge in [-0.2, -0.15) is 5.10 Å². The molecule has 4 nitrogen and oxygen atoms in total. The number of carbonyl (C=O) groups excluding carboxylic acids is 1. The van der Waals surface area contributed by atoms with Crippen LogP contribution in [0, 0.1) is 25.6 Å². The molecule has 2 aromatic rings. The van der Waals surface area contributed by atoms with Gasteiger partial charge >= 0.3 is 0 Å². The number of hydrogen-bond acceptors (Lipinski definition) is 2. The van der Waals surface area contributed by atoms with E-state index < -0.39 is 0 Å². The first-order valence-corrected chi connectivity index (χ1v) is 10.3. The predicted octanol–water partition coefficient (Wildman–Crippen LogP) is 5.04. The van der Waals surface area contributed by atoms with Crippen LogP contribution in [0.2, 0.25) is 0 Å². The highest BCUT2D eigenvalue weighted by Gasteiger charge is 2.18. The van der Waals surface area contributed by atoms with E-state index in [-0.39, 0.29) is 18.3 Å². The molecule has 1 aromatic heterocycles. The van der Waals surface area contributed by atoms with Crippen molar-refractivity contribution in [3.05, 3.63) is 51.0 Å². The molecule has 0 aliphatic carbocycles. The molecule has 0 aliphatic rings. The van der Waals surface area contributed by atoms with E-state index in [9.17, 15) is 9.18 Å². The second-order valence-electron chi connectivity index (χ2n) is 7.37. The average molecular weight is 438 g/mol. The Balaban J connectivity index is 2.05. The standard InChI is InChI=1S/C21H29BrFN3O/c1-6-25(13-17-11-18(22)7-9-20(17)23)21(27)10-8-19-15(4)24-26(16(19)5)12-14(2)3/h7,9,11,14H,6,8,10,12-13H2,1-5H3. The number of halogens is 2. The van der Waals surface area contributed by atoms with E-state index >= 15 is 0 Å². The Morgan fingerprint density at radius 1 is 1.33 bits per heavy atom. The summed E-state index contributed by atoms with van der Waals surface area (Å²) >= 11 is 3.36. The molecule has 1 amide bonds. The van der Waals surface area contributed by atoms with Crippen LogP contribution in [-0.4, -0.2) is 27.1 Å². The first-order valence-electron chi connectivity index (χ1n) is 9.47. The number of nitrogens with zero attached hydrogens (tertiary/aromatic N) is 3. The van der Waals surface area contributed by atoms with Crippen LogP contribution < -0.4 is 0 Å². The van der Waals surface area contributed by atoms with Gasteiger partial charge in [0.05, 0.1) is 5.69 Å². The molecular formula is C21H29BrFN3O. The Labute approximate surface area is 169 Å². The summed E-state index contributed by atoms with van der Waals surface area (Å²) in [6, 6.07) is 4.82. The van der Waals surface area contributed by atoms with Gasteiger partial charge in [0, 0.05) is 41.8 Å². The Morgan fingerprint density at radius 3 is 2.67 bits per heavy atom. The van der Waals surface area contributed by atoms with Crippen molar-refractivity contribution in [2.75, 3.05) is 6.54 Å². The Morgan fingerprint density at radius 2 is 2.04 bits per heavy atom. The molecule has 0 bridgehead atoms. The van der Waals surface area contributed by atoms with Gasteiger partial charge in [-0.15, -0.1) is 0 Å². The molecule has 2 rings (SSSR count). The molecule has 6 heteroatoms. The van der Waals surface area contributed by atoms with Gasteiger partial charge in [-0.3, -0.25) is 9.48 Å². The van der Waals surface area contributed by atoms with Gasteiger partial charge in [0.15, 0.2) is 0 Å². The fourth-order valence-electron chi connectivity index (χ4n) is 3.26. The van der Waals surface area contributed by atoms with Crippen LogP contribution >= 0.6 is 15.9 Å². The molecule has 0 saturated carbocycles. The molecule has 0 spiro atoms. The quantitative estimate of drug-likeness (QED) is 0.579. The first-order chi connectivity index (χ1) is 12.7. The van der Waals surface area contributed by atoms with Crippen molar-refractivity contribution in [3.63, 3.8) is 0 Å². The number of aryl methyl sites for hydroxylation is 1. The van der Waals surface area contributed by atoms with Gasteiger partial charge in [-0.25, -0.2) is 4.39 Å². The Hall–Kier alpha value is -1.69. The van der Waals surface area contributed by atoms with Crippen LogP contribution in [0.25, 0.3) is 0 Å². The van der Waals surface area contributed by atoms with E-state index in [4.69, 9.17) is 0 Å². The summed E-state index contributed by atoms with van der Waals surface area (Å²) in [6.07, 6.45) is 1.06. The van der Waals surface area contributed by atoms with Crippen LogP contribution in [0.15, 0.2) is 22.7 Å². The van der Waals surface area contributed by atoms with Crippen molar-refractivity contribution >= 4 is 21.8 Å². The molecule has 1 heterocycles. The van der Waals surface area contributed by atoms with Gasteiger partial charge in [-0.05, 0) is 56.9 Å². The van der Waals surface area contributed by atoms with E-state index in [1.807, 2.05) is 18.5 Å². The molecule has 27 heavy (non-hydrogen) atoms. The third-order valence-electron chi connectivity index (χ3n) is 4.76. The van der Waals surface area contributed by atoms with E-state index in [1.165, 1.54) is 6.07 Å². The fraction of sp³-hybridized carbons (Fsp3) is 0.524. The second-order valence-corrected chi connectivity index (χ2v) is 8.28. The Bertz CT molecular complexity index is 801. The molecule has 0 saturated heterocycles. The lowest BCUT2D eigenvalue weighted by molar-refractivity contribution is -0.131. The fourth-order valence-corrected chi connectivity index (χ4v) is 3.66. The maximum atomic E-state index is 14.0. The number of hydrogen-bond donors (Lipinski definition) is 0. The summed E-state index contributed by atoms with van der Waals surface area (Å²) in [6.45, 7) is 12.0. The summed E-state index contributed by atoms with van der Waals surface area (Å²) < 4.78 is 16.9. The topological polar surface area (TPSA) is 38.1 Å². The molecule has 0 N–H and O–H groups in total. The summed E-state index contributed by atoms with van der Waals surface area (Å²) in [5.41, 5.74) is 3.79. The zero-order valence-electron chi connectivity index (χ0n) is 16.9. The van der Waals surface area contributed by atoms with Crippen LogP contribution in [0.1, 0.15) is 49.7 Å². The SMILES string of the molecule is CCN(Cc1cc(Br)ccc1F)C(=O)CCc1c(C)nn(CC(C)C)c1C. The van der Waals surface area contributed by atoms with Crippen LogP contribution in [0.3, 0.4) is 0 Å². The van der Waals surface area contributed by atoms with Gasteiger partial charge in [0.2, 0.25) is 5.91 Å². The van der Waals surface area contributed by atoms with Gasteiger partial charge < -0.3 is 4.90 Å². The third kappa shape index (κ3) is 5.64. The van der Waals surface area contributed by atoms with E-state index in [0.717, 1.165) is 28.0 Å². The largest absolute Gasteiger partial charge is 0.339 e. The summed E-state index contributed by atoms with van der Waals surface area (Å²) in [4.78, 5) is 14.4. The molecule has 0 radical (unpaired) electrons. The number of aromatic nitrogens is 2. The minimum atomic E-state index is -0.286. The maximum Gasteiger partial charge on any atom is 0.223 e. The molecule has 0 unspecified atom stereocenters. The van der Waals surface area contributed by atoms with E-state index in [1.54, 1.807) is 17.0 Å². The average Bonchev–Trinajstić information content (AvgIpc) is 2.86. The van der Waals surface area contributed by atoms with E-state index in [0.29, 0.717) is 30.9 Å². The highest BCUT2D eigenvalue weighted by molar-refractivity contribution is 9.10. The number of carbonyl (C=O) groups is 1. The highest BCUT2D eigenvalue weighted by atomic mass is 79.9. The van der Waals surface area contributed by atoms with Crippen molar-refractivity contribution in [3.8, 4) is 0 Å². The lowest BCUT2D eigenvalue weighted by atomic mass is 10.1. The van der Waals surface area contributed by atoms with Crippen molar-refractivity contribution in [1.82, 2.24) is 14.7 Å². The minimum Gasteiger partial charge on any atom is -0.339 e. The van der Waals surface area contributed by atoms with Crippen LogP contribution in [0.4, 0.5) is 4.39 Å². The smallest absolute Gasteiger partial charge is 0.223 e. The summed E-state index contributed by atoms with van der Waals surface area (Å²) in [7, 11) is 0. The number of benzene rings is 1. The summed E-state index contributed by atoms with van der Waals surface area (Å²) in [5.74, 6) is 0.270.